The van der Waals surface area contributed by atoms with Crippen molar-refractivity contribution < 1.29 is 14.0 Å². The first kappa shape index (κ1) is 20.0. The molecule has 2 amide bonds. The van der Waals surface area contributed by atoms with Gasteiger partial charge in [0.2, 0.25) is 5.91 Å². The van der Waals surface area contributed by atoms with Crippen LogP contribution in [-0.2, 0) is 4.79 Å². The number of hydrogen-bond acceptors (Lipinski definition) is 4. The Morgan fingerprint density at radius 1 is 0.933 bits per heavy atom. The second-order valence-corrected chi connectivity index (χ2v) is 7.96. The summed E-state index contributed by atoms with van der Waals surface area (Å²) < 4.78 is 5.84. The van der Waals surface area contributed by atoms with Gasteiger partial charge in [0.1, 0.15) is 17.2 Å². The molecule has 0 spiro atoms. The minimum Gasteiger partial charge on any atom is -0.456 e. The third kappa shape index (κ3) is 4.33. The van der Waals surface area contributed by atoms with Crippen LogP contribution in [-0.4, -0.2) is 29.9 Å². The molecular formula is C24H22N2O3S. The molecule has 0 aliphatic rings. The fourth-order valence-electron chi connectivity index (χ4n) is 3.37. The number of furan rings is 1. The summed E-state index contributed by atoms with van der Waals surface area (Å²) in [4.78, 5) is 25.5. The van der Waals surface area contributed by atoms with Gasteiger partial charge in [-0.15, -0.1) is 0 Å². The van der Waals surface area contributed by atoms with E-state index in [-0.39, 0.29) is 11.8 Å². The number of rotatable bonds is 7. The molecule has 5 nitrogen and oxygen atoms in total. The molecular weight excluding hydrogens is 396 g/mol. The van der Waals surface area contributed by atoms with E-state index in [1.54, 1.807) is 36.0 Å². The molecule has 1 unspecified atom stereocenters. The number of fused-ring (bicyclic) bond motifs is 3. The van der Waals surface area contributed by atoms with Crippen LogP contribution in [0.1, 0.15) is 16.8 Å². The molecule has 6 heteroatoms. The van der Waals surface area contributed by atoms with Crippen LogP contribution in [0.25, 0.3) is 21.9 Å². The van der Waals surface area contributed by atoms with Gasteiger partial charge in [-0.1, -0.05) is 36.4 Å². The van der Waals surface area contributed by atoms with Crippen LogP contribution >= 0.6 is 11.8 Å². The lowest BCUT2D eigenvalue weighted by atomic mass is 10.1. The van der Waals surface area contributed by atoms with E-state index < -0.39 is 6.04 Å². The summed E-state index contributed by atoms with van der Waals surface area (Å²) in [7, 11) is 0. The van der Waals surface area contributed by atoms with Crippen molar-refractivity contribution in [3.8, 4) is 0 Å². The molecule has 2 N–H and O–H groups in total. The Bertz CT molecular complexity index is 1190. The lowest BCUT2D eigenvalue weighted by molar-refractivity contribution is -0.118. The summed E-state index contributed by atoms with van der Waals surface area (Å²) in [6.45, 7) is 0. The monoisotopic (exact) mass is 418 g/mol. The van der Waals surface area contributed by atoms with Crippen molar-refractivity contribution >= 4 is 51.2 Å². The highest BCUT2D eigenvalue weighted by molar-refractivity contribution is 7.98. The molecule has 4 rings (SSSR count). The van der Waals surface area contributed by atoms with E-state index in [0.717, 1.165) is 27.7 Å². The number of benzene rings is 3. The Morgan fingerprint density at radius 3 is 2.47 bits per heavy atom. The van der Waals surface area contributed by atoms with Gasteiger partial charge in [0.25, 0.3) is 5.91 Å². The molecule has 30 heavy (non-hydrogen) atoms. The van der Waals surface area contributed by atoms with E-state index >= 15 is 0 Å². The van der Waals surface area contributed by atoms with E-state index in [0.29, 0.717) is 17.7 Å². The normalized spacial score (nSPS) is 12.0. The van der Waals surface area contributed by atoms with Crippen LogP contribution in [0.15, 0.2) is 77.2 Å². The highest BCUT2D eigenvalue weighted by Crippen LogP contribution is 2.30. The molecule has 0 fully saturated rings. The maximum Gasteiger partial charge on any atom is 0.251 e. The molecule has 0 saturated carbocycles. The van der Waals surface area contributed by atoms with Gasteiger partial charge in [-0.25, -0.2) is 0 Å². The molecule has 152 valence electrons. The van der Waals surface area contributed by atoms with Crippen LogP contribution < -0.4 is 10.6 Å². The molecule has 0 aliphatic carbocycles. The summed E-state index contributed by atoms with van der Waals surface area (Å²) in [5.41, 5.74) is 2.78. The van der Waals surface area contributed by atoms with Gasteiger partial charge in [0.15, 0.2) is 0 Å². The van der Waals surface area contributed by atoms with Crippen molar-refractivity contribution in [2.24, 2.45) is 0 Å². The average Bonchev–Trinajstić information content (AvgIpc) is 3.15. The maximum atomic E-state index is 13.0. The van der Waals surface area contributed by atoms with Crippen molar-refractivity contribution in [2.45, 2.75) is 12.5 Å². The van der Waals surface area contributed by atoms with Gasteiger partial charge in [0, 0.05) is 22.0 Å². The molecule has 1 aromatic heterocycles. The fourth-order valence-corrected chi connectivity index (χ4v) is 3.84. The number of anilines is 1. The summed E-state index contributed by atoms with van der Waals surface area (Å²) in [6, 6.07) is 21.7. The molecule has 0 saturated heterocycles. The molecule has 3 aromatic carbocycles. The van der Waals surface area contributed by atoms with E-state index in [9.17, 15) is 9.59 Å². The van der Waals surface area contributed by atoms with Gasteiger partial charge in [-0.05, 0) is 54.8 Å². The van der Waals surface area contributed by atoms with Gasteiger partial charge in [0.05, 0.1) is 0 Å². The Balaban J connectivity index is 1.54. The van der Waals surface area contributed by atoms with Crippen molar-refractivity contribution in [1.29, 1.82) is 0 Å². The van der Waals surface area contributed by atoms with Gasteiger partial charge >= 0.3 is 0 Å². The van der Waals surface area contributed by atoms with Crippen LogP contribution in [0.3, 0.4) is 0 Å². The minimum atomic E-state index is -0.623. The Labute approximate surface area is 178 Å². The van der Waals surface area contributed by atoms with E-state index in [1.165, 1.54) is 0 Å². The van der Waals surface area contributed by atoms with Crippen LogP contribution in [0.4, 0.5) is 5.69 Å². The predicted octanol–water partition coefficient (Wildman–Crippen LogP) is 5.08. The fraction of sp³-hybridized carbons (Fsp3) is 0.167. The first-order valence-electron chi connectivity index (χ1n) is 9.73. The third-order valence-electron chi connectivity index (χ3n) is 4.91. The smallest absolute Gasteiger partial charge is 0.251 e. The zero-order chi connectivity index (χ0) is 20.9. The largest absolute Gasteiger partial charge is 0.456 e. The molecule has 0 radical (unpaired) electrons. The lowest BCUT2D eigenvalue weighted by Gasteiger charge is -2.18. The Morgan fingerprint density at radius 2 is 1.67 bits per heavy atom. The molecule has 1 atom stereocenters. The average molecular weight is 419 g/mol. The SMILES string of the molecule is CSCCC(NC(=O)c1ccccc1)C(=O)Nc1ccc2oc3ccccc3c2c1. The van der Waals surface area contributed by atoms with Crippen LogP contribution in [0, 0.1) is 0 Å². The van der Waals surface area contributed by atoms with E-state index in [1.807, 2.05) is 54.8 Å². The standard InChI is InChI=1S/C24H22N2O3S/c1-30-14-13-20(26-23(27)16-7-3-2-4-8-16)24(28)25-17-11-12-22-19(15-17)18-9-5-6-10-21(18)29-22/h2-12,15,20H,13-14H2,1H3,(H,25,28)(H,26,27). The zero-order valence-corrected chi connectivity index (χ0v) is 17.4. The van der Waals surface area contributed by atoms with Crippen LogP contribution in [0.5, 0.6) is 0 Å². The lowest BCUT2D eigenvalue weighted by Crippen LogP contribution is -2.44. The number of carbonyl (C=O) groups is 2. The second-order valence-electron chi connectivity index (χ2n) is 6.97. The number of nitrogens with one attached hydrogen (secondary N) is 2. The number of amides is 2. The van der Waals surface area contributed by atoms with E-state index in [2.05, 4.69) is 10.6 Å². The zero-order valence-electron chi connectivity index (χ0n) is 16.6. The first-order chi connectivity index (χ1) is 14.7. The molecule has 4 aromatic rings. The molecule has 0 aliphatic heterocycles. The van der Waals surface area contributed by atoms with Crippen LogP contribution in [0.2, 0.25) is 0 Å². The van der Waals surface area contributed by atoms with E-state index in [4.69, 9.17) is 4.42 Å². The Kier molecular flexibility index (Phi) is 6.05. The summed E-state index contributed by atoms with van der Waals surface area (Å²) >= 11 is 1.64. The van der Waals surface area contributed by atoms with Gasteiger partial charge < -0.3 is 15.1 Å². The number of carbonyl (C=O) groups excluding carboxylic acids is 2. The quantitative estimate of drug-likeness (QED) is 0.439. The first-order valence-corrected chi connectivity index (χ1v) is 11.1. The maximum absolute atomic E-state index is 13.0. The number of thioether (sulfide) groups is 1. The number of para-hydroxylation sites is 1. The Hall–Kier alpha value is -3.25. The van der Waals surface area contributed by atoms with Gasteiger partial charge in [-0.3, -0.25) is 9.59 Å². The highest BCUT2D eigenvalue weighted by Gasteiger charge is 2.21. The summed E-state index contributed by atoms with van der Waals surface area (Å²) in [5, 5.41) is 7.76. The van der Waals surface area contributed by atoms with Crippen molar-refractivity contribution in [3.63, 3.8) is 0 Å². The van der Waals surface area contributed by atoms with Crippen molar-refractivity contribution in [2.75, 3.05) is 17.3 Å². The van der Waals surface area contributed by atoms with Crippen molar-refractivity contribution in [1.82, 2.24) is 5.32 Å². The minimum absolute atomic E-state index is 0.236. The highest BCUT2D eigenvalue weighted by atomic mass is 32.2. The number of hydrogen-bond donors (Lipinski definition) is 2. The third-order valence-corrected chi connectivity index (χ3v) is 5.56. The summed E-state index contributed by atoms with van der Waals surface area (Å²) in [6.07, 6.45) is 2.52. The molecule has 1 heterocycles. The predicted molar refractivity (Wildman–Crippen MR) is 123 cm³/mol. The van der Waals surface area contributed by atoms with Crippen molar-refractivity contribution in [3.05, 3.63) is 78.4 Å². The molecule has 0 bridgehead atoms. The van der Waals surface area contributed by atoms with Gasteiger partial charge in [-0.2, -0.15) is 11.8 Å². The second kappa shape index (κ2) is 9.05. The topological polar surface area (TPSA) is 71.3 Å². The summed E-state index contributed by atoms with van der Waals surface area (Å²) in [5.74, 6) is 0.270.